The van der Waals surface area contributed by atoms with Crippen LogP contribution in [0.15, 0.2) is 29.3 Å². The van der Waals surface area contributed by atoms with Crippen molar-refractivity contribution in [1.82, 2.24) is 15.1 Å². The molecule has 0 radical (unpaired) electrons. The number of guanidine groups is 1. The van der Waals surface area contributed by atoms with Crippen molar-refractivity contribution >= 4 is 29.9 Å². The van der Waals surface area contributed by atoms with Gasteiger partial charge in [0.05, 0.1) is 20.3 Å². The van der Waals surface area contributed by atoms with Crippen molar-refractivity contribution in [1.29, 1.82) is 0 Å². The smallest absolute Gasteiger partial charge is 0.193 e. The van der Waals surface area contributed by atoms with Crippen LogP contribution in [0.4, 0.5) is 0 Å². The number of rotatable bonds is 8. The molecule has 0 amide bonds. The first-order valence-electron chi connectivity index (χ1n) is 10.8. The summed E-state index contributed by atoms with van der Waals surface area (Å²) in [6.07, 6.45) is 3.52. The van der Waals surface area contributed by atoms with E-state index in [0.29, 0.717) is 5.92 Å². The van der Waals surface area contributed by atoms with E-state index in [0.717, 1.165) is 70.6 Å². The van der Waals surface area contributed by atoms with Gasteiger partial charge >= 0.3 is 0 Å². The van der Waals surface area contributed by atoms with Crippen LogP contribution in [0.2, 0.25) is 0 Å². The van der Waals surface area contributed by atoms with Crippen LogP contribution in [0.5, 0.6) is 5.75 Å². The van der Waals surface area contributed by atoms with Crippen molar-refractivity contribution in [3.8, 4) is 5.75 Å². The van der Waals surface area contributed by atoms with Gasteiger partial charge < -0.3 is 19.7 Å². The Morgan fingerprint density at radius 1 is 1.17 bits per heavy atom. The Kier molecular flexibility index (Phi) is 11.1. The topological polar surface area (TPSA) is 49.3 Å². The first-order valence-corrected chi connectivity index (χ1v) is 10.8. The predicted molar refractivity (Wildman–Crippen MR) is 130 cm³/mol. The molecule has 3 rings (SSSR count). The van der Waals surface area contributed by atoms with E-state index in [4.69, 9.17) is 14.5 Å². The van der Waals surface area contributed by atoms with Gasteiger partial charge in [-0.25, -0.2) is 0 Å². The van der Waals surface area contributed by atoms with Crippen molar-refractivity contribution in [3.05, 3.63) is 29.8 Å². The SMILES string of the molecule is CCNC(=NCCCCN1CCOCC1)N1CCC(c2ccc(OC)cc2)C1.I. The first-order chi connectivity index (χ1) is 13.8. The zero-order valence-electron chi connectivity index (χ0n) is 17.9. The lowest BCUT2D eigenvalue weighted by Gasteiger charge is -2.26. The minimum Gasteiger partial charge on any atom is -0.497 e. The number of aliphatic imine (C=N–C) groups is 1. The zero-order valence-corrected chi connectivity index (χ0v) is 20.3. The van der Waals surface area contributed by atoms with Crippen molar-refractivity contribution in [2.45, 2.75) is 32.1 Å². The molecule has 164 valence electrons. The van der Waals surface area contributed by atoms with E-state index in [1.807, 2.05) is 0 Å². The summed E-state index contributed by atoms with van der Waals surface area (Å²) in [6.45, 7) is 11.1. The van der Waals surface area contributed by atoms with Crippen molar-refractivity contribution in [2.24, 2.45) is 4.99 Å². The van der Waals surface area contributed by atoms with E-state index in [1.165, 1.54) is 24.9 Å². The third-order valence-electron chi connectivity index (χ3n) is 5.66. The Morgan fingerprint density at radius 3 is 2.62 bits per heavy atom. The van der Waals surface area contributed by atoms with Gasteiger partial charge in [0, 0.05) is 45.2 Å². The molecule has 0 spiro atoms. The fourth-order valence-corrected chi connectivity index (χ4v) is 3.98. The molecule has 29 heavy (non-hydrogen) atoms. The molecule has 7 heteroatoms. The zero-order chi connectivity index (χ0) is 19.6. The van der Waals surface area contributed by atoms with Crippen LogP contribution in [0.3, 0.4) is 0 Å². The summed E-state index contributed by atoms with van der Waals surface area (Å²) in [5.41, 5.74) is 1.39. The molecule has 0 aliphatic carbocycles. The molecule has 1 unspecified atom stereocenters. The van der Waals surface area contributed by atoms with Gasteiger partial charge in [-0.1, -0.05) is 12.1 Å². The lowest BCUT2D eigenvalue weighted by Crippen LogP contribution is -2.40. The maximum absolute atomic E-state index is 5.41. The van der Waals surface area contributed by atoms with Crippen LogP contribution in [0.25, 0.3) is 0 Å². The van der Waals surface area contributed by atoms with Crippen LogP contribution in [0.1, 0.15) is 37.7 Å². The molecular formula is C22H37IN4O2. The second-order valence-corrected chi connectivity index (χ2v) is 7.60. The van der Waals surface area contributed by atoms with Gasteiger partial charge in [0.1, 0.15) is 5.75 Å². The van der Waals surface area contributed by atoms with Crippen molar-refractivity contribution < 1.29 is 9.47 Å². The third kappa shape index (κ3) is 7.61. The molecule has 2 saturated heterocycles. The van der Waals surface area contributed by atoms with Gasteiger partial charge in [-0.3, -0.25) is 9.89 Å². The average Bonchev–Trinajstić information content (AvgIpc) is 3.24. The summed E-state index contributed by atoms with van der Waals surface area (Å²) in [5, 5.41) is 3.48. The summed E-state index contributed by atoms with van der Waals surface area (Å²) in [5.74, 6) is 2.56. The first kappa shape index (κ1) is 24.2. The second-order valence-electron chi connectivity index (χ2n) is 7.60. The molecular weight excluding hydrogens is 479 g/mol. The van der Waals surface area contributed by atoms with Crippen LogP contribution in [-0.2, 0) is 4.74 Å². The number of likely N-dealkylation sites (tertiary alicyclic amines) is 1. The Hall–Kier alpha value is -1.06. The van der Waals surface area contributed by atoms with Gasteiger partial charge in [0.25, 0.3) is 0 Å². The number of benzene rings is 1. The Bertz CT molecular complexity index is 605. The van der Waals surface area contributed by atoms with Crippen molar-refractivity contribution in [2.75, 3.05) is 66.1 Å². The number of nitrogens with one attached hydrogen (secondary N) is 1. The van der Waals surface area contributed by atoms with Gasteiger partial charge in [-0.05, 0) is 50.4 Å². The largest absolute Gasteiger partial charge is 0.497 e. The van der Waals surface area contributed by atoms with Gasteiger partial charge in [-0.2, -0.15) is 0 Å². The maximum atomic E-state index is 5.41. The minimum atomic E-state index is 0. The van der Waals surface area contributed by atoms with E-state index in [2.05, 4.69) is 46.3 Å². The number of nitrogens with zero attached hydrogens (tertiary/aromatic N) is 3. The number of hydrogen-bond donors (Lipinski definition) is 1. The molecule has 1 N–H and O–H groups in total. The Morgan fingerprint density at radius 2 is 1.93 bits per heavy atom. The lowest BCUT2D eigenvalue weighted by atomic mass is 9.98. The van der Waals surface area contributed by atoms with E-state index in [9.17, 15) is 0 Å². The van der Waals surface area contributed by atoms with E-state index < -0.39 is 0 Å². The van der Waals surface area contributed by atoms with E-state index >= 15 is 0 Å². The predicted octanol–water partition coefficient (Wildman–Crippen LogP) is 3.18. The normalized spacial score (nSPS) is 20.4. The third-order valence-corrected chi connectivity index (χ3v) is 5.66. The molecule has 2 fully saturated rings. The fourth-order valence-electron chi connectivity index (χ4n) is 3.98. The highest BCUT2D eigenvalue weighted by Gasteiger charge is 2.26. The quantitative estimate of drug-likeness (QED) is 0.249. The lowest BCUT2D eigenvalue weighted by molar-refractivity contribution is 0.0373. The molecule has 0 bridgehead atoms. The summed E-state index contributed by atoms with van der Waals surface area (Å²) in [6, 6.07) is 8.52. The fraction of sp³-hybridized carbons (Fsp3) is 0.682. The molecule has 1 atom stereocenters. The minimum absolute atomic E-state index is 0. The number of hydrogen-bond acceptors (Lipinski definition) is 4. The highest BCUT2D eigenvalue weighted by molar-refractivity contribution is 14.0. The number of unbranched alkanes of at least 4 members (excludes halogenated alkanes) is 1. The average molecular weight is 516 g/mol. The van der Waals surface area contributed by atoms with Gasteiger partial charge in [0.15, 0.2) is 5.96 Å². The Balaban J connectivity index is 0.00000300. The van der Waals surface area contributed by atoms with Crippen molar-refractivity contribution in [3.63, 3.8) is 0 Å². The monoisotopic (exact) mass is 516 g/mol. The molecule has 1 aromatic rings. The number of ether oxygens (including phenoxy) is 2. The van der Waals surface area contributed by atoms with Crippen LogP contribution in [0, 0.1) is 0 Å². The molecule has 0 saturated carbocycles. The highest BCUT2D eigenvalue weighted by Crippen LogP contribution is 2.28. The highest BCUT2D eigenvalue weighted by atomic mass is 127. The summed E-state index contributed by atoms with van der Waals surface area (Å²) >= 11 is 0. The molecule has 2 heterocycles. The number of methoxy groups -OCH3 is 1. The van der Waals surface area contributed by atoms with Crippen LogP contribution >= 0.6 is 24.0 Å². The number of halogens is 1. The van der Waals surface area contributed by atoms with Gasteiger partial charge in [0.2, 0.25) is 0 Å². The van der Waals surface area contributed by atoms with Crippen LogP contribution in [-0.4, -0.2) is 81.9 Å². The van der Waals surface area contributed by atoms with Crippen LogP contribution < -0.4 is 10.1 Å². The molecule has 0 aromatic heterocycles. The molecule has 1 aromatic carbocycles. The maximum Gasteiger partial charge on any atom is 0.193 e. The van der Waals surface area contributed by atoms with E-state index in [1.54, 1.807) is 7.11 Å². The summed E-state index contributed by atoms with van der Waals surface area (Å²) < 4.78 is 10.7. The molecule has 2 aliphatic heterocycles. The number of morpholine rings is 1. The summed E-state index contributed by atoms with van der Waals surface area (Å²) in [7, 11) is 1.71. The van der Waals surface area contributed by atoms with E-state index in [-0.39, 0.29) is 24.0 Å². The van der Waals surface area contributed by atoms with Gasteiger partial charge in [-0.15, -0.1) is 24.0 Å². The molecule has 6 nitrogen and oxygen atoms in total. The second kappa shape index (κ2) is 13.3. The Labute approximate surface area is 193 Å². The molecule has 2 aliphatic rings. The standard InChI is InChI=1S/C22H36N4O2.HI/c1-3-23-22(24-11-4-5-12-25-14-16-28-17-15-25)26-13-10-20(18-26)19-6-8-21(27-2)9-7-19;/h6-9,20H,3-5,10-18H2,1-2H3,(H,23,24);1H. The summed E-state index contributed by atoms with van der Waals surface area (Å²) in [4.78, 5) is 9.82.